The number of aromatic nitrogens is 9. The highest BCUT2D eigenvalue weighted by Gasteiger charge is 2.45. The molecule has 252 valence electrons. The summed E-state index contributed by atoms with van der Waals surface area (Å²) in [7, 11) is 0. The lowest BCUT2D eigenvalue weighted by Crippen LogP contribution is -2.41. The van der Waals surface area contributed by atoms with Gasteiger partial charge in [0, 0.05) is 26.6 Å². The van der Waals surface area contributed by atoms with Crippen LogP contribution < -0.4 is 0 Å². The molecule has 0 aliphatic heterocycles. The molecule has 0 saturated carbocycles. The van der Waals surface area contributed by atoms with Gasteiger partial charge in [0.05, 0.1) is 12.8 Å². The van der Waals surface area contributed by atoms with Gasteiger partial charge >= 0.3 is 5.97 Å². The number of carbonyl (C=O) groups excluding carboxylic acids is 1. The molecule has 0 fully saturated rings. The minimum absolute atomic E-state index is 0.111. The van der Waals surface area contributed by atoms with E-state index in [0.717, 1.165) is 29.5 Å². The molecule has 0 radical (unpaired) electrons. The van der Waals surface area contributed by atoms with Crippen LogP contribution in [0.1, 0.15) is 41.1 Å². The molecule has 14 heteroatoms. The number of carbonyl (C=O) groups is 1. The minimum Gasteiger partial charge on any atom is -0.450 e. The second-order valence-electron chi connectivity index (χ2n) is 11.8. The van der Waals surface area contributed by atoms with E-state index in [1.54, 1.807) is 0 Å². The maximum absolute atomic E-state index is 13.1. The average Bonchev–Trinajstić information content (AvgIpc) is 3.78. The number of aryl methyl sites for hydroxylation is 3. The van der Waals surface area contributed by atoms with Crippen LogP contribution in [0.4, 0.5) is 0 Å². The van der Waals surface area contributed by atoms with E-state index in [4.69, 9.17) is 17.4 Å². The van der Waals surface area contributed by atoms with Gasteiger partial charge < -0.3 is 18.4 Å². The van der Waals surface area contributed by atoms with E-state index in [9.17, 15) is 4.79 Å². The Morgan fingerprint density at radius 2 is 0.939 bits per heavy atom. The van der Waals surface area contributed by atoms with Crippen LogP contribution in [-0.2, 0) is 66.9 Å². The Bertz CT molecular complexity index is 1890. The standard InChI is InChI=1S/C35H37N9O2S3/c1-25(45)46-35(31-38-41-34(49)44(31)22-19-28-15-9-4-10-16-28,23-29-36-39-32(47)42(29)20-17-26-11-5-2-6-12-26)24-30-37-40-33(48)43(30)21-18-27-13-7-3-8-14-27/h2-16H,17-24H2,1H3,(H,39,47)(H,40,48)(H,41,49). The summed E-state index contributed by atoms with van der Waals surface area (Å²) in [5.41, 5.74) is 2.03. The van der Waals surface area contributed by atoms with Gasteiger partial charge in [-0.15, -0.1) is 68.5 Å². The van der Waals surface area contributed by atoms with Gasteiger partial charge in [0.1, 0.15) is 11.6 Å². The van der Waals surface area contributed by atoms with Crippen molar-refractivity contribution in [1.29, 1.82) is 0 Å². The van der Waals surface area contributed by atoms with Crippen LogP contribution in [0.3, 0.4) is 0 Å². The first-order valence-corrected chi connectivity index (χ1v) is 17.3. The number of rotatable bonds is 15. The Labute approximate surface area is 301 Å². The summed E-state index contributed by atoms with van der Waals surface area (Å²) >= 11 is 14.0. The SMILES string of the molecule is CC(=O)OC(Cc1nnc(S)n1CCc1ccccc1)(Cc1nnc(S)n1CCc1ccccc1)c1nnc(S)n1CCc1ccccc1. The molecule has 0 aliphatic carbocycles. The van der Waals surface area contributed by atoms with Crippen molar-refractivity contribution in [3.8, 4) is 0 Å². The third kappa shape index (κ3) is 8.43. The van der Waals surface area contributed by atoms with Gasteiger partial charge in [-0.25, -0.2) is 0 Å². The number of nitrogens with zero attached hydrogens (tertiary/aromatic N) is 9. The van der Waals surface area contributed by atoms with Gasteiger partial charge in [0.15, 0.2) is 26.9 Å². The van der Waals surface area contributed by atoms with Gasteiger partial charge in [-0.1, -0.05) is 91.0 Å². The van der Waals surface area contributed by atoms with E-state index in [-0.39, 0.29) is 12.8 Å². The van der Waals surface area contributed by atoms with Crippen LogP contribution in [0.5, 0.6) is 0 Å². The van der Waals surface area contributed by atoms with E-state index in [0.29, 0.717) is 59.0 Å². The minimum atomic E-state index is -1.42. The van der Waals surface area contributed by atoms with Crippen molar-refractivity contribution in [2.45, 2.75) is 79.7 Å². The van der Waals surface area contributed by atoms with E-state index < -0.39 is 11.6 Å². The predicted molar refractivity (Wildman–Crippen MR) is 193 cm³/mol. The monoisotopic (exact) mass is 711 g/mol. The molecule has 0 amide bonds. The number of esters is 1. The van der Waals surface area contributed by atoms with Crippen LogP contribution in [-0.4, -0.2) is 50.3 Å². The molecule has 3 aromatic heterocycles. The molecule has 3 heterocycles. The molecule has 6 aromatic rings. The van der Waals surface area contributed by atoms with Crippen LogP contribution in [0.25, 0.3) is 0 Å². The van der Waals surface area contributed by atoms with Crippen LogP contribution >= 0.6 is 37.9 Å². The molecule has 0 N–H and O–H groups in total. The maximum atomic E-state index is 13.1. The highest BCUT2D eigenvalue weighted by Crippen LogP contribution is 2.35. The number of ether oxygens (including phenoxy) is 1. The predicted octanol–water partition coefficient (Wildman–Crippen LogP) is 5.30. The molecule has 0 atom stereocenters. The van der Waals surface area contributed by atoms with Gasteiger partial charge in [-0.3, -0.25) is 4.79 Å². The van der Waals surface area contributed by atoms with Crippen molar-refractivity contribution in [2.75, 3.05) is 0 Å². The number of hydrogen-bond donors (Lipinski definition) is 3. The van der Waals surface area contributed by atoms with E-state index in [2.05, 4.69) is 92.2 Å². The molecule has 6 rings (SSSR count). The van der Waals surface area contributed by atoms with E-state index in [1.165, 1.54) is 6.92 Å². The fourth-order valence-electron chi connectivity index (χ4n) is 5.99. The quantitative estimate of drug-likeness (QED) is 0.0971. The van der Waals surface area contributed by atoms with Crippen molar-refractivity contribution >= 4 is 43.9 Å². The topological polar surface area (TPSA) is 118 Å². The average molecular weight is 712 g/mol. The van der Waals surface area contributed by atoms with Gasteiger partial charge in [0.2, 0.25) is 0 Å². The maximum Gasteiger partial charge on any atom is 0.303 e. The Kier molecular flexibility index (Phi) is 11.2. The van der Waals surface area contributed by atoms with Gasteiger partial charge in [-0.2, -0.15) is 0 Å². The lowest BCUT2D eigenvalue weighted by molar-refractivity contribution is -0.160. The lowest BCUT2D eigenvalue weighted by atomic mass is 9.92. The highest BCUT2D eigenvalue weighted by atomic mass is 32.1. The summed E-state index contributed by atoms with van der Waals surface area (Å²) in [5, 5.41) is 28.0. The van der Waals surface area contributed by atoms with Crippen molar-refractivity contribution in [2.24, 2.45) is 0 Å². The zero-order valence-corrected chi connectivity index (χ0v) is 29.7. The van der Waals surface area contributed by atoms with Crippen molar-refractivity contribution in [3.05, 3.63) is 125 Å². The first-order chi connectivity index (χ1) is 23.8. The van der Waals surface area contributed by atoms with Crippen molar-refractivity contribution in [1.82, 2.24) is 44.3 Å². The Balaban J connectivity index is 1.41. The molecule has 0 bridgehead atoms. The Morgan fingerprint density at radius 3 is 1.35 bits per heavy atom. The molecule has 0 aliphatic rings. The molecular weight excluding hydrogens is 675 g/mol. The van der Waals surface area contributed by atoms with Crippen LogP contribution in [0, 0.1) is 0 Å². The fourth-order valence-corrected chi connectivity index (χ4v) is 6.75. The summed E-state index contributed by atoms with van der Waals surface area (Å²) in [4.78, 5) is 13.1. The Morgan fingerprint density at radius 1 is 0.571 bits per heavy atom. The molecule has 0 unspecified atom stereocenters. The summed E-state index contributed by atoms with van der Waals surface area (Å²) in [6.07, 6.45) is 2.35. The number of hydrogen-bond acceptors (Lipinski definition) is 11. The second-order valence-corrected chi connectivity index (χ2v) is 13.0. The highest BCUT2D eigenvalue weighted by molar-refractivity contribution is 7.80. The summed E-state index contributed by atoms with van der Waals surface area (Å²) < 4.78 is 12.1. The lowest BCUT2D eigenvalue weighted by Gasteiger charge is -2.32. The zero-order valence-electron chi connectivity index (χ0n) is 27.0. The first-order valence-electron chi connectivity index (χ1n) is 16.0. The third-order valence-corrected chi connectivity index (χ3v) is 9.37. The number of benzene rings is 3. The molecule has 0 saturated heterocycles. The van der Waals surface area contributed by atoms with Crippen LogP contribution in [0.2, 0.25) is 0 Å². The summed E-state index contributed by atoms with van der Waals surface area (Å²) in [6.45, 7) is 3.00. The largest absolute Gasteiger partial charge is 0.450 e. The van der Waals surface area contributed by atoms with Gasteiger partial charge in [-0.05, 0) is 36.0 Å². The molecule has 49 heavy (non-hydrogen) atoms. The van der Waals surface area contributed by atoms with Crippen molar-refractivity contribution in [3.63, 3.8) is 0 Å². The smallest absolute Gasteiger partial charge is 0.303 e. The third-order valence-electron chi connectivity index (χ3n) is 8.38. The second kappa shape index (κ2) is 15.9. The first kappa shape index (κ1) is 34.5. The Hall–Kier alpha value is -4.40. The summed E-state index contributed by atoms with van der Waals surface area (Å²) in [5.74, 6) is 1.06. The fraction of sp³-hybridized carbons (Fsp3) is 0.286. The van der Waals surface area contributed by atoms with Crippen molar-refractivity contribution < 1.29 is 9.53 Å². The van der Waals surface area contributed by atoms with E-state index >= 15 is 0 Å². The number of thiol groups is 3. The van der Waals surface area contributed by atoms with Gasteiger partial charge in [0.25, 0.3) is 0 Å². The van der Waals surface area contributed by atoms with E-state index in [1.807, 2.05) is 68.3 Å². The van der Waals surface area contributed by atoms with Crippen LogP contribution in [0.15, 0.2) is 106 Å². The molecular formula is C35H37N9O2S3. The molecule has 11 nitrogen and oxygen atoms in total. The molecule has 3 aromatic carbocycles. The molecule has 0 spiro atoms. The zero-order chi connectivity index (χ0) is 34.2. The summed E-state index contributed by atoms with van der Waals surface area (Å²) in [6, 6.07) is 30.4. The normalized spacial score (nSPS) is 11.6.